The molecule has 0 atom stereocenters. The van der Waals surface area contributed by atoms with E-state index in [1.54, 1.807) is 31.2 Å². The van der Waals surface area contributed by atoms with E-state index in [2.05, 4.69) is 0 Å². The summed E-state index contributed by atoms with van der Waals surface area (Å²) in [6, 6.07) is 12.2. The summed E-state index contributed by atoms with van der Waals surface area (Å²) in [6.45, 7) is 1.77. The van der Waals surface area contributed by atoms with Gasteiger partial charge < -0.3 is 0 Å². The number of rotatable bonds is 3. The molecule has 0 unspecified atom stereocenters. The molecular formula is C15H12N2O4S. The Morgan fingerprint density at radius 2 is 1.77 bits per heavy atom. The highest BCUT2D eigenvalue weighted by atomic mass is 32.2. The first-order chi connectivity index (χ1) is 10.4. The number of non-ortho nitro benzene ring substituents is 1. The Bertz CT molecular complexity index is 975. The number of hydrogen-bond donors (Lipinski definition) is 0. The zero-order valence-electron chi connectivity index (χ0n) is 11.6. The lowest BCUT2D eigenvalue weighted by molar-refractivity contribution is -0.384. The quantitative estimate of drug-likeness (QED) is 0.549. The lowest BCUT2D eigenvalue weighted by atomic mass is 10.2. The van der Waals surface area contributed by atoms with Gasteiger partial charge in [-0.2, -0.15) is 0 Å². The molecule has 0 aliphatic carbocycles. The number of nitrogens with zero attached hydrogens (tertiary/aromatic N) is 2. The van der Waals surface area contributed by atoms with E-state index in [4.69, 9.17) is 0 Å². The third kappa shape index (κ3) is 2.15. The van der Waals surface area contributed by atoms with Gasteiger partial charge in [0.25, 0.3) is 15.7 Å². The molecule has 1 heterocycles. The Morgan fingerprint density at radius 3 is 2.41 bits per heavy atom. The van der Waals surface area contributed by atoms with Gasteiger partial charge in [-0.3, -0.25) is 10.1 Å². The maximum absolute atomic E-state index is 12.7. The van der Waals surface area contributed by atoms with Crippen molar-refractivity contribution >= 4 is 26.6 Å². The van der Waals surface area contributed by atoms with Gasteiger partial charge in [-0.15, -0.1) is 0 Å². The van der Waals surface area contributed by atoms with Crippen LogP contribution in [0.5, 0.6) is 0 Å². The fraction of sp³-hybridized carbons (Fsp3) is 0.0667. The molecule has 0 radical (unpaired) electrons. The minimum atomic E-state index is -3.79. The van der Waals surface area contributed by atoms with E-state index in [0.717, 1.165) is 9.54 Å². The smallest absolute Gasteiger partial charge is 0.258 e. The minimum Gasteiger partial charge on any atom is -0.258 e. The van der Waals surface area contributed by atoms with Crippen molar-refractivity contribution in [2.45, 2.75) is 11.8 Å². The first kappa shape index (κ1) is 14.3. The van der Waals surface area contributed by atoms with Crippen molar-refractivity contribution in [3.63, 3.8) is 0 Å². The minimum absolute atomic E-state index is 0.137. The summed E-state index contributed by atoms with van der Waals surface area (Å²) >= 11 is 0. The highest BCUT2D eigenvalue weighted by molar-refractivity contribution is 7.90. The van der Waals surface area contributed by atoms with E-state index in [-0.39, 0.29) is 10.6 Å². The molecule has 2 aromatic carbocycles. The average Bonchev–Trinajstić information content (AvgIpc) is 2.85. The maximum atomic E-state index is 12.7. The summed E-state index contributed by atoms with van der Waals surface area (Å²) in [4.78, 5) is 10.5. The predicted molar refractivity (Wildman–Crippen MR) is 82.4 cm³/mol. The normalized spacial score (nSPS) is 11.7. The second kappa shape index (κ2) is 4.96. The molecule has 0 aliphatic rings. The number of benzene rings is 2. The second-order valence-electron chi connectivity index (χ2n) is 4.88. The van der Waals surface area contributed by atoms with Crippen LogP contribution in [0.3, 0.4) is 0 Å². The highest BCUT2D eigenvalue weighted by Crippen LogP contribution is 2.28. The zero-order valence-corrected chi connectivity index (χ0v) is 12.4. The number of nitro benzene ring substituents is 1. The Labute approximate surface area is 126 Å². The van der Waals surface area contributed by atoms with E-state index < -0.39 is 14.9 Å². The van der Waals surface area contributed by atoms with Crippen LogP contribution in [0, 0.1) is 17.0 Å². The van der Waals surface area contributed by atoms with Crippen LogP contribution in [0.1, 0.15) is 5.56 Å². The SMILES string of the molecule is Cc1cn(S(=O)(=O)c2ccccc2)c2cc([N+](=O)[O-])ccc12. The van der Waals surface area contributed by atoms with Gasteiger partial charge in [0.15, 0.2) is 0 Å². The molecule has 0 saturated heterocycles. The fourth-order valence-electron chi connectivity index (χ4n) is 2.37. The molecular weight excluding hydrogens is 304 g/mol. The van der Waals surface area contributed by atoms with Crippen molar-refractivity contribution < 1.29 is 13.3 Å². The van der Waals surface area contributed by atoms with Crippen molar-refractivity contribution in [1.82, 2.24) is 3.97 Å². The van der Waals surface area contributed by atoms with Gasteiger partial charge in [0, 0.05) is 23.7 Å². The van der Waals surface area contributed by atoms with Gasteiger partial charge in [-0.05, 0) is 30.7 Å². The van der Waals surface area contributed by atoms with E-state index in [1.165, 1.54) is 30.5 Å². The van der Waals surface area contributed by atoms with Crippen LogP contribution in [0.4, 0.5) is 5.69 Å². The molecule has 22 heavy (non-hydrogen) atoms. The van der Waals surface area contributed by atoms with Crippen LogP contribution in [-0.2, 0) is 10.0 Å². The average molecular weight is 316 g/mol. The van der Waals surface area contributed by atoms with Crippen molar-refractivity contribution in [2.75, 3.05) is 0 Å². The lowest BCUT2D eigenvalue weighted by Gasteiger charge is -2.07. The molecule has 0 aliphatic heterocycles. The summed E-state index contributed by atoms with van der Waals surface area (Å²) in [5.41, 5.74) is 0.898. The van der Waals surface area contributed by atoms with Crippen molar-refractivity contribution in [3.05, 3.63) is 70.4 Å². The maximum Gasteiger partial charge on any atom is 0.271 e. The second-order valence-corrected chi connectivity index (χ2v) is 6.70. The van der Waals surface area contributed by atoms with Gasteiger partial charge in [-0.1, -0.05) is 18.2 Å². The van der Waals surface area contributed by atoms with E-state index in [1.807, 2.05) is 0 Å². The van der Waals surface area contributed by atoms with Crippen LogP contribution in [0.2, 0.25) is 0 Å². The highest BCUT2D eigenvalue weighted by Gasteiger charge is 2.21. The van der Waals surface area contributed by atoms with Gasteiger partial charge in [0.2, 0.25) is 0 Å². The molecule has 0 fully saturated rings. The largest absolute Gasteiger partial charge is 0.271 e. The van der Waals surface area contributed by atoms with Crippen LogP contribution < -0.4 is 0 Å². The molecule has 0 saturated carbocycles. The number of hydrogen-bond acceptors (Lipinski definition) is 4. The van der Waals surface area contributed by atoms with E-state index in [0.29, 0.717) is 10.9 Å². The standard InChI is InChI=1S/C15H12N2O4S/c1-11-10-16(22(20,21)13-5-3-2-4-6-13)15-9-12(17(18)19)7-8-14(11)15/h2-10H,1H3. The summed E-state index contributed by atoms with van der Waals surface area (Å²) in [6.07, 6.45) is 1.48. The number of fused-ring (bicyclic) bond motifs is 1. The van der Waals surface area contributed by atoms with Crippen LogP contribution >= 0.6 is 0 Å². The van der Waals surface area contributed by atoms with Crippen molar-refractivity contribution in [3.8, 4) is 0 Å². The fourth-order valence-corrected chi connectivity index (χ4v) is 3.80. The molecule has 112 valence electrons. The Hall–Kier alpha value is -2.67. The first-order valence-electron chi connectivity index (χ1n) is 6.48. The van der Waals surface area contributed by atoms with Gasteiger partial charge in [0.05, 0.1) is 15.3 Å². The Morgan fingerprint density at radius 1 is 1.09 bits per heavy atom. The molecule has 0 N–H and O–H groups in total. The van der Waals surface area contributed by atoms with Gasteiger partial charge in [0.1, 0.15) is 0 Å². The van der Waals surface area contributed by atoms with Crippen molar-refractivity contribution in [2.24, 2.45) is 0 Å². The van der Waals surface area contributed by atoms with Crippen molar-refractivity contribution in [1.29, 1.82) is 0 Å². The first-order valence-corrected chi connectivity index (χ1v) is 7.92. The summed E-state index contributed by atoms with van der Waals surface area (Å²) in [5.74, 6) is 0. The molecule has 3 aromatic rings. The number of aromatic nitrogens is 1. The van der Waals surface area contributed by atoms with Crippen LogP contribution in [0.15, 0.2) is 59.6 Å². The lowest BCUT2D eigenvalue weighted by Crippen LogP contribution is -2.11. The van der Waals surface area contributed by atoms with Crippen LogP contribution in [-0.4, -0.2) is 17.3 Å². The summed E-state index contributed by atoms with van der Waals surface area (Å²) in [5, 5.41) is 11.6. The Kier molecular flexibility index (Phi) is 3.22. The Balaban J connectivity index is 2.31. The van der Waals surface area contributed by atoms with E-state index >= 15 is 0 Å². The summed E-state index contributed by atoms with van der Waals surface area (Å²) < 4.78 is 26.6. The third-order valence-corrected chi connectivity index (χ3v) is 5.15. The number of aryl methyl sites for hydroxylation is 1. The van der Waals surface area contributed by atoms with Gasteiger partial charge in [-0.25, -0.2) is 12.4 Å². The predicted octanol–water partition coefficient (Wildman–Crippen LogP) is 3.09. The molecule has 0 spiro atoms. The molecule has 3 rings (SSSR count). The third-order valence-electron chi connectivity index (χ3n) is 3.47. The van der Waals surface area contributed by atoms with Gasteiger partial charge >= 0.3 is 0 Å². The zero-order chi connectivity index (χ0) is 15.9. The molecule has 1 aromatic heterocycles. The van der Waals surface area contributed by atoms with E-state index in [9.17, 15) is 18.5 Å². The topological polar surface area (TPSA) is 82.2 Å². The van der Waals surface area contributed by atoms with Crippen LogP contribution in [0.25, 0.3) is 10.9 Å². The molecule has 7 heteroatoms. The molecule has 0 bridgehead atoms. The summed E-state index contributed by atoms with van der Waals surface area (Å²) in [7, 11) is -3.79. The number of nitro groups is 1. The monoisotopic (exact) mass is 316 g/mol. The molecule has 6 nitrogen and oxygen atoms in total. The molecule has 0 amide bonds.